The molecule has 0 radical (unpaired) electrons. The van der Waals surface area contributed by atoms with E-state index >= 15 is 0 Å². The van der Waals surface area contributed by atoms with Crippen molar-refractivity contribution in [1.29, 1.82) is 0 Å². The molecule has 0 unspecified atom stereocenters. The molecule has 0 atom stereocenters. The smallest absolute Gasteiger partial charge is 0.253 e. The highest BCUT2D eigenvalue weighted by atomic mass is 16.5. The monoisotopic (exact) mass is 347 g/mol. The standard InChI is InChI=1S/C20H33N3O2/c1-2-3-4-5-17-25-19-9-7-18(8-10-19)20(24)23-15-13-22(14-16-23)12-6-11-21/h7-10H,2-6,11-17,21H2,1H3. The van der Waals surface area contributed by atoms with E-state index in [1.165, 1.54) is 19.3 Å². The molecule has 0 spiro atoms. The van der Waals surface area contributed by atoms with Crippen LogP contribution in [0.4, 0.5) is 0 Å². The Morgan fingerprint density at radius 2 is 1.76 bits per heavy atom. The second-order valence-electron chi connectivity index (χ2n) is 6.71. The van der Waals surface area contributed by atoms with Crippen molar-refractivity contribution in [3.8, 4) is 5.75 Å². The van der Waals surface area contributed by atoms with Crippen molar-refractivity contribution in [2.75, 3.05) is 45.9 Å². The third kappa shape index (κ3) is 6.67. The van der Waals surface area contributed by atoms with Crippen LogP contribution in [0.3, 0.4) is 0 Å². The number of ether oxygens (including phenoxy) is 1. The third-order valence-corrected chi connectivity index (χ3v) is 4.71. The Kier molecular flexibility index (Phi) is 8.77. The summed E-state index contributed by atoms with van der Waals surface area (Å²) in [5.41, 5.74) is 6.30. The highest BCUT2D eigenvalue weighted by molar-refractivity contribution is 5.94. The van der Waals surface area contributed by atoms with E-state index < -0.39 is 0 Å². The maximum Gasteiger partial charge on any atom is 0.253 e. The minimum Gasteiger partial charge on any atom is -0.494 e. The van der Waals surface area contributed by atoms with E-state index in [1.807, 2.05) is 29.2 Å². The molecule has 1 aromatic rings. The molecule has 2 N–H and O–H groups in total. The number of unbranched alkanes of at least 4 members (excludes halogenated alkanes) is 3. The fourth-order valence-corrected chi connectivity index (χ4v) is 3.08. The average Bonchev–Trinajstić information content (AvgIpc) is 2.66. The van der Waals surface area contributed by atoms with Crippen LogP contribution in [0.25, 0.3) is 0 Å². The van der Waals surface area contributed by atoms with E-state index in [0.29, 0.717) is 0 Å². The highest BCUT2D eigenvalue weighted by Gasteiger charge is 2.21. The van der Waals surface area contributed by atoms with Gasteiger partial charge in [0.05, 0.1) is 6.61 Å². The summed E-state index contributed by atoms with van der Waals surface area (Å²) < 4.78 is 5.74. The van der Waals surface area contributed by atoms with E-state index in [4.69, 9.17) is 10.5 Å². The van der Waals surface area contributed by atoms with Crippen molar-refractivity contribution in [3.63, 3.8) is 0 Å². The number of piperazine rings is 1. The van der Waals surface area contributed by atoms with Gasteiger partial charge in [-0.05, 0) is 50.2 Å². The van der Waals surface area contributed by atoms with Crippen molar-refractivity contribution >= 4 is 5.91 Å². The van der Waals surface area contributed by atoms with Gasteiger partial charge in [-0.25, -0.2) is 0 Å². The second-order valence-corrected chi connectivity index (χ2v) is 6.71. The molecule has 0 aliphatic carbocycles. The maximum absolute atomic E-state index is 12.6. The third-order valence-electron chi connectivity index (χ3n) is 4.71. The van der Waals surface area contributed by atoms with Crippen molar-refractivity contribution < 1.29 is 9.53 Å². The molecule has 1 saturated heterocycles. The van der Waals surface area contributed by atoms with Gasteiger partial charge in [0.15, 0.2) is 0 Å². The van der Waals surface area contributed by atoms with E-state index in [1.54, 1.807) is 0 Å². The number of carbonyl (C=O) groups excluding carboxylic acids is 1. The lowest BCUT2D eigenvalue weighted by molar-refractivity contribution is 0.0636. The van der Waals surface area contributed by atoms with Gasteiger partial charge in [-0.2, -0.15) is 0 Å². The Bertz CT molecular complexity index is 496. The lowest BCUT2D eigenvalue weighted by Gasteiger charge is -2.34. The molecule has 0 saturated carbocycles. The van der Waals surface area contributed by atoms with E-state index in [0.717, 1.165) is 70.0 Å². The topological polar surface area (TPSA) is 58.8 Å². The molecule has 2 rings (SSSR count). The number of hydrogen-bond donors (Lipinski definition) is 1. The van der Waals surface area contributed by atoms with Crippen LogP contribution in [0.2, 0.25) is 0 Å². The molecule has 0 bridgehead atoms. The number of amides is 1. The van der Waals surface area contributed by atoms with E-state index in [-0.39, 0.29) is 5.91 Å². The molecular formula is C20H33N3O2. The van der Waals surface area contributed by atoms with Crippen LogP contribution < -0.4 is 10.5 Å². The Hall–Kier alpha value is -1.59. The van der Waals surface area contributed by atoms with Gasteiger partial charge in [-0.3, -0.25) is 9.69 Å². The number of carbonyl (C=O) groups is 1. The largest absolute Gasteiger partial charge is 0.494 e. The van der Waals surface area contributed by atoms with Crippen LogP contribution in [-0.4, -0.2) is 61.6 Å². The molecule has 1 fully saturated rings. The average molecular weight is 348 g/mol. The number of nitrogens with two attached hydrogens (primary N) is 1. The van der Waals surface area contributed by atoms with Gasteiger partial charge in [-0.15, -0.1) is 0 Å². The Balaban J connectivity index is 1.75. The molecule has 5 heteroatoms. The van der Waals surface area contributed by atoms with Crippen molar-refractivity contribution in [3.05, 3.63) is 29.8 Å². The Morgan fingerprint density at radius 1 is 1.04 bits per heavy atom. The lowest BCUT2D eigenvalue weighted by Crippen LogP contribution is -2.49. The molecule has 1 aliphatic rings. The predicted molar refractivity (Wildman–Crippen MR) is 102 cm³/mol. The first kappa shape index (κ1) is 19.7. The van der Waals surface area contributed by atoms with E-state index in [9.17, 15) is 4.79 Å². The SMILES string of the molecule is CCCCCCOc1ccc(C(=O)N2CCN(CCCN)CC2)cc1. The first-order valence-electron chi connectivity index (χ1n) is 9.69. The van der Waals surface area contributed by atoms with Crippen molar-refractivity contribution in [1.82, 2.24) is 9.80 Å². The summed E-state index contributed by atoms with van der Waals surface area (Å²) in [6, 6.07) is 7.57. The van der Waals surface area contributed by atoms with Gasteiger partial charge in [0.25, 0.3) is 5.91 Å². The molecular weight excluding hydrogens is 314 g/mol. The van der Waals surface area contributed by atoms with Crippen LogP contribution in [0.15, 0.2) is 24.3 Å². The first-order valence-corrected chi connectivity index (χ1v) is 9.69. The first-order chi connectivity index (χ1) is 12.2. The number of hydrogen-bond acceptors (Lipinski definition) is 4. The molecule has 0 aromatic heterocycles. The zero-order chi connectivity index (χ0) is 17.9. The quantitative estimate of drug-likeness (QED) is 0.661. The van der Waals surface area contributed by atoms with Gasteiger partial charge >= 0.3 is 0 Å². The minimum absolute atomic E-state index is 0.118. The van der Waals surface area contributed by atoms with Gasteiger partial charge in [0, 0.05) is 31.7 Å². The molecule has 1 amide bonds. The molecule has 5 nitrogen and oxygen atoms in total. The summed E-state index contributed by atoms with van der Waals surface area (Å²) in [6.07, 6.45) is 5.81. The lowest BCUT2D eigenvalue weighted by atomic mass is 10.1. The zero-order valence-electron chi connectivity index (χ0n) is 15.6. The summed E-state index contributed by atoms with van der Waals surface area (Å²) in [7, 11) is 0. The summed E-state index contributed by atoms with van der Waals surface area (Å²) in [5, 5.41) is 0. The minimum atomic E-state index is 0.118. The van der Waals surface area contributed by atoms with Crippen LogP contribution in [0.5, 0.6) is 5.75 Å². The summed E-state index contributed by atoms with van der Waals surface area (Å²) in [4.78, 5) is 16.9. The molecule has 1 aromatic carbocycles. The van der Waals surface area contributed by atoms with Gasteiger partial charge < -0.3 is 15.4 Å². The number of nitrogens with zero attached hydrogens (tertiary/aromatic N) is 2. The van der Waals surface area contributed by atoms with Crippen LogP contribution in [0, 0.1) is 0 Å². The fraction of sp³-hybridized carbons (Fsp3) is 0.650. The van der Waals surface area contributed by atoms with Crippen LogP contribution in [-0.2, 0) is 0 Å². The molecule has 1 aliphatic heterocycles. The van der Waals surface area contributed by atoms with Gasteiger partial charge in [0.2, 0.25) is 0 Å². The van der Waals surface area contributed by atoms with Gasteiger partial charge in [-0.1, -0.05) is 26.2 Å². The van der Waals surface area contributed by atoms with Gasteiger partial charge in [0.1, 0.15) is 5.75 Å². The normalized spacial score (nSPS) is 15.4. The Labute approximate surface area is 152 Å². The fourth-order valence-electron chi connectivity index (χ4n) is 3.08. The summed E-state index contributed by atoms with van der Waals surface area (Å²) >= 11 is 0. The second kappa shape index (κ2) is 11.1. The van der Waals surface area contributed by atoms with Crippen LogP contribution in [0.1, 0.15) is 49.4 Å². The molecule has 1 heterocycles. The zero-order valence-corrected chi connectivity index (χ0v) is 15.6. The Morgan fingerprint density at radius 3 is 2.40 bits per heavy atom. The van der Waals surface area contributed by atoms with E-state index in [2.05, 4.69) is 11.8 Å². The number of rotatable bonds is 10. The van der Waals surface area contributed by atoms with Crippen molar-refractivity contribution in [2.45, 2.75) is 39.0 Å². The predicted octanol–water partition coefficient (Wildman–Crippen LogP) is 2.75. The highest BCUT2D eigenvalue weighted by Crippen LogP contribution is 2.15. The summed E-state index contributed by atoms with van der Waals surface area (Å²) in [5.74, 6) is 0.965. The van der Waals surface area contributed by atoms with Crippen molar-refractivity contribution in [2.24, 2.45) is 5.73 Å². The molecule has 25 heavy (non-hydrogen) atoms. The molecule has 140 valence electrons. The maximum atomic E-state index is 12.6. The number of benzene rings is 1. The van der Waals surface area contributed by atoms with Crippen LogP contribution >= 0.6 is 0 Å². The summed E-state index contributed by atoms with van der Waals surface area (Å²) in [6.45, 7) is 8.16.